The average molecular weight is 337 g/mol. The highest BCUT2D eigenvalue weighted by molar-refractivity contribution is 6.30. The molecule has 2 saturated carbocycles. The molecule has 5 heteroatoms. The Hall–Kier alpha value is -1.26. The number of nitrogens with one attached hydrogen (secondary N) is 1. The standard InChI is InChI=1S/C18H25ClN2O2/c1-23-16-6-5-15(19)9-14(16)10-21-18(22)13-7-11-3-2-4-12(8-13)17(11)20/h5-6,9,11-13,17H,2-4,7-8,10,20H2,1H3,(H,21,22). The lowest BCUT2D eigenvalue weighted by Gasteiger charge is -2.43. The van der Waals surface area contributed by atoms with Crippen molar-refractivity contribution in [3.05, 3.63) is 28.8 Å². The Bertz CT molecular complexity index is 564. The van der Waals surface area contributed by atoms with Gasteiger partial charge in [-0.15, -0.1) is 0 Å². The minimum Gasteiger partial charge on any atom is -0.496 e. The van der Waals surface area contributed by atoms with E-state index in [1.807, 2.05) is 12.1 Å². The number of rotatable bonds is 4. The first kappa shape index (κ1) is 16.6. The summed E-state index contributed by atoms with van der Waals surface area (Å²) in [7, 11) is 1.62. The third kappa shape index (κ3) is 3.64. The number of carbonyl (C=O) groups excluding carboxylic acids is 1. The Morgan fingerprint density at radius 3 is 2.70 bits per heavy atom. The fourth-order valence-electron chi connectivity index (χ4n) is 4.22. The quantitative estimate of drug-likeness (QED) is 0.888. The van der Waals surface area contributed by atoms with Gasteiger partial charge in [-0.2, -0.15) is 0 Å². The molecule has 0 aromatic heterocycles. The van der Waals surface area contributed by atoms with Crippen LogP contribution in [-0.2, 0) is 11.3 Å². The highest BCUT2D eigenvalue weighted by atomic mass is 35.5. The van der Waals surface area contributed by atoms with Gasteiger partial charge in [-0.05, 0) is 55.7 Å². The van der Waals surface area contributed by atoms with E-state index in [-0.39, 0.29) is 11.8 Å². The maximum absolute atomic E-state index is 12.6. The predicted molar refractivity (Wildman–Crippen MR) is 91.4 cm³/mol. The monoisotopic (exact) mass is 336 g/mol. The van der Waals surface area contributed by atoms with Gasteiger partial charge in [-0.1, -0.05) is 18.0 Å². The number of amides is 1. The minimum atomic E-state index is 0.0929. The second kappa shape index (κ2) is 7.10. The molecule has 0 radical (unpaired) electrons. The summed E-state index contributed by atoms with van der Waals surface area (Å²) < 4.78 is 5.33. The van der Waals surface area contributed by atoms with Crippen LogP contribution in [0.15, 0.2) is 18.2 Å². The van der Waals surface area contributed by atoms with Gasteiger partial charge in [0.05, 0.1) is 7.11 Å². The Balaban J connectivity index is 1.61. The molecule has 2 unspecified atom stereocenters. The molecule has 2 bridgehead atoms. The number of methoxy groups -OCH3 is 1. The van der Waals surface area contributed by atoms with Gasteiger partial charge in [0.2, 0.25) is 5.91 Å². The first-order valence-electron chi connectivity index (χ1n) is 8.44. The molecule has 1 aromatic carbocycles. The van der Waals surface area contributed by atoms with E-state index in [9.17, 15) is 4.79 Å². The van der Waals surface area contributed by atoms with Gasteiger partial charge in [0, 0.05) is 29.1 Å². The number of ether oxygens (including phenoxy) is 1. The largest absolute Gasteiger partial charge is 0.496 e. The molecule has 2 aliphatic carbocycles. The van der Waals surface area contributed by atoms with Crippen LogP contribution in [0.5, 0.6) is 5.75 Å². The number of hydrogen-bond donors (Lipinski definition) is 2. The molecule has 1 amide bonds. The lowest BCUT2D eigenvalue weighted by Crippen LogP contribution is -2.49. The van der Waals surface area contributed by atoms with Crippen LogP contribution in [0.3, 0.4) is 0 Å². The van der Waals surface area contributed by atoms with Crippen molar-refractivity contribution < 1.29 is 9.53 Å². The van der Waals surface area contributed by atoms with E-state index in [2.05, 4.69) is 5.32 Å². The van der Waals surface area contributed by atoms with E-state index in [1.54, 1.807) is 13.2 Å². The van der Waals surface area contributed by atoms with E-state index in [1.165, 1.54) is 19.3 Å². The van der Waals surface area contributed by atoms with Crippen LogP contribution >= 0.6 is 11.6 Å². The number of carbonyl (C=O) groups is 1. The predicted octanol–water partition coefficient (Wildman–Crippen LogP) is 3.12. The van der Waals surface area contributed by atoms with Crippen LogP contribution in [-0.4, -0.2) is 19.1 Å². The van der Waals surface area contributed by atoms with E-state index < -0.39 is 0 Å². The van der Waals surface area contributed by atoms with Crippen LogP contribution < -0.4 is 15.8 Å². The smallest absolute Gasteiger partial charge is 0.223 e. The molecule has 23 heavy (non-hydrogen) atoms. The Morgan fingerprint density at radius 2 is 2.04 bits per heavy atom. The van der Waals surface area contributed by atoms with Crippen LogP contribution in [0.1, 0.15) is 37.7 Å². The summed E-state index contributed by atoms with van der Waals surface area (Å²) >= 11 is 6.04. The van der Waals surface area contributed by atoms with Crippen molar-refractivity contribution in [2.45, 2.75) is 44.7 Å². The van der Waals surface area contributed by atoms with Crippen molar-refractivity contribution in [2.24, 2.45) is 23.5 Å². The zero-order chi connectivity index (χ0) is 16.4. The highest BCUT2D eigenvalue weighted by Crippen LogP contribution is 2.41. The maximum Gasteiger partial charge on any atom is 0.223 e. The molecule has 3 rings (SSSR count). The topological polar surface area (TPSA) is 64.3 Å². The van der Waals surface area contributed by atoms with Gasteiger partial charge in [-0.25, -0.2) is 0 Å². The summed E-state index contributed by atoms with van der Waals surface area (Å²) in [5.74, 6) is 2.00. The minimum absolute atomic E-state index is 0.0929. The molecular weight excluding hydrogens is 312 g/mol. The highest BCUT2D eigenvalue weighted by Gasteiger charge is 2.40. The number of hydrogen-bond acceptors (Lipinski definition) is 3. The summed E-state index contributed by atoms with van der Waals surface area (Å²) in [5, 5.41) is 3.70. The Labute approximate surface area is 142 Å². The fraction of sp³-hybridized carbons (Fsp3) is 0.611. The van der Waals surface area contributed by atoms with Crippen molar-refractivity contribution in [2.75, 3.05) is 7.11 Å². The maximum atomic E-state index is 12.6. The van der Waals surface area contributed by atoms with Crippen LogP contribution in [0.2, 0.25) is 5.02 Å². The third-order valence-electron chi connectivity index (χ3n) is 5.48. The Kier molecular flexibility index (Phi) is 5.12. The molecule has 2 fully saturated rings. The number of halogens is 1. The molecule has 0 spiro atoms. The number of fused-ring (bicyclic) bond motifs is 2. The lowest BCUT2D eigenvalue weighted by atomic mass is 9.65. The molecule has 126 valence electrons. The van der Waals surface area contributed by atoms with Crippen molar-refractivity contribution in [1.82, 2.24) is 5.32 Å². The van der Waals surface area contributed by atoms with E-state index in [4.69, 9.17) is 22.1 Å². The van der Waals surface area contributed by atoms with Crippen molar-refractivity contribution in [1.29, 1.82) is 0 Å². The zero-order valence-corrected chi connectivity index (χ0v) is 14.3. The molecule has 2 aliphatic rings. The van der Waals surface area contributed by atoms with E-state index in [0.29, 0.717) is 29.4 Å². The van der Waals surface area contributed by atoms with Gasteiger partial charge in [0.15, 0.2) is 0 Å². The molecule has 0 heterocycles. The molecule has 0 saturated heterocycles. The van der Waals surface area contributed by atoms with Gasteiger partial charge in [-0.3, -0.25) is 4.79 Å². The zero-order valence-electron chi connectivity index (χ0n) is 13.6. The van der Waals surface area contributed by atoms with Gasteiger partial charge in [0.1, 0.15) is 5.75 Å². The second-order valence-corrected chi connectivity index (χ2v) is 7.31. The molecule has 4 nitrogen and oxygen atoms in total. The van der Waals surface area contributed by atoms with Gasteiger partial charge < -0.3 is 15.8 Å². The molecule has 3 N–H and O–H groups in total. The summed E-state index contributed by atoms with van der Waals surface area (Å²) in [6, 6.07) is 5.75. The van der Waals surface area contributed by atoms with E-state index in [0.717, 1.165) is 24.2 Å². The van der Waals surface area contributed by atoms with Crippen molar-refractivity contribution >= 4 is 17.5 Å². The molecule has 0 aliphatic heterocycles. The molecular formula is C18H25ClN2O2. The molecule has 2 atom stereocenters. The van der Waals surface area contributed by atoms with Crippen molar-refractivity contribution in [3.8, 4) is 5.75 Å². The summed E-state index contributed by atoms with van der Waals surface area (Å²) in [6.07, 6.45) is 5.45. The fourth-order valence-corrected chi connectivity index (χ4v) is 4.41. The number of benzene rings is 1. The van der Waals surface area contributed by atoms with Crippen LogP contribution in [0.25, 0.3) is 0 Å². The second-order valence-electron chi connectivity index (χ2n) is 6.87. The van der Waals surface area contributed by atoms with Crippen LogP contribution in [0, 0.1) is 17.8 Å². The molecule has 1 aromatic rings. The van der Waals surface area contributed by atoms with Crippen LogP contribution in [0.4, 0.5) is 0 Å². The van der Waals surface area contributed by atoms with Gasteiger partial charge in [0.25, 0.3) is 0 Å². The first-order valence-corrected chi connectivity index (χ1v) is 8.82. The SMILES string of the molecule is COc1ccc(Cl)cc1CNC(=O)C1CC2CCCC(C1)C2N. The third-order valence-corrected chi connectivity index (χ3v) is 5.71. The van der Waals surface area contributed by atoms with Crippen molar-refractivity contribution in [3.63, 3.8) is 0 Å². The summed E-state index contributed by atoms with van der Waals surface area (Å²) in [5.41, 5.74) is 7.21. The van der Waals surface area contributed by atoms with E-state index >= 15 is 0 Å². The summed E-state index contributed by atoms with van der Waals surface area (Å²) in [4.78, 5) is 12.6. The number of nitrogens with two attached hydrogens (primary N) is 1. The first-order chi connectivity index (χ1) is 11.1. The average Bonchev–Trinajstić information content (AvgIpc) is 2.52. The summed E-state index contributed by atoms with van der Waals surface area (Å²) in [6.45, 7) is 0.445. The Morgan fingerprint density at radius 1 is 1.35 bits per heavy atom. The lowest BCUT2D eigenvalue weighted by molar-refractivity contribution is -0.128. The normalized spacial score (nSPS) is 29.9. The van der Waals surface area contributed by atoms with Gasteiger partial charge >= 0.3 is 0 Å².